The normalized spacial score (nSPS) is 10.7. The lowest BCUT2D eigenvalue weighted by atomic mass is 10.0. The van der Waals surface area contributed by atoms with E-state index in [2.05, 4.69) is 4.98 Å². The number of carbonyl (C=O) groups is 1. The fourth-order valence-corrected chi connectivity index (χ4v) is 3.82. The molecular formula is C27H23FN2O5. The molecule has 0 N–H and O–H groups in total. The summed E-state index contributed by atoms with van der Waals surface area (Å²) < 4.78 is 37.1. The largest absolute Gasteiger partial charge is 0.497 e. The molecule has 0 atom stereocenters. The summed E-state index contributed by atoms with van der Waals surface area (Å²) in [7, 11) is 1.55. The first kappa shape index (κ1) is 23.8. The summed E-state index contributed by atoms with van der Waals surface area (Å²) in [4.78, 5) is 15.8. The number of aromatic nitrogens is 1. The first-order valence-corrected chi connectivity index (χ1v) is 11.0. The Kier molecular flexibility index (Phi) is 6.97. The van der Waals surface area contributed by atoms with E-state index < -0.39 is 5.82 Å². The first-order chi connectivity index (χ1) is 16.9. The number of hydrogen-bond acceptors (Lipinski definition) is 7. The van der Waals surface area contributed by atoms with Crippen LogP contribution in [-0.4, -0.2) is 24.7 Å². The van der Waals surface area contributed by atoms with Crippen LogP contribution in [-0.2, 0) is 22.6 Å². The molecule has 8 heteroatoms. The predicted octanol–water partition coefficient (Wildman–Crippen LogP) is 5.51. The minimum Gasteiger partial charge on any atom is -0.497 e. The lowest BCUT2D eigenvalue weighted by molar-refractivity contribution is -0.142. The average molecular weight is 474 g/mol. The highest BCUT2D eigenvalue weighted by Gasteiger charge is 2.17. The van der Waals surface area contributed by atoms with Gasteiger partial charge in [-0.3, -0.25) is 4.79 Å². The maximum absolute atomic E-state index is 14.7. The molecule has 0 aliphatic heterocycles. The third-order valence-electron chi connectivity index (χ3n) is 5.59. The van der Waals surface area contributed by atoms with Crippen LogP contribution in [0.3, 0.4) is 0 Å². The summed E-state index contributed by atoms with van der Waals surface area (Å²) in [5.74, 6) is 0.701. The molecular weight excluding hydrogens is 451 g/mol. The molecule has 0 saturated heterocycles. The number of hydrogen-bond donors (Lipinski definition) is 0. The lowest BCUT2D eigenvalue weighted by Gasteiger charge is -2.13. The number of fused-ring (bicyclic) bond motifs is 1. The van der Waals surface area contributed by atoms with Gasteiger partial charge in [0, 0.05) is 34.3 Å². The quantitative estimate of drug-likeness (QED) is 0.311. The number of halogens is 1. The van der Waals surface area contributed by atoms with Crippen LogP contribution in [0.5, 0.6) is 11.5 Å². The number of benzene rings is 2. The van der Waals surface area contributed by atoms with Crippen molar-refractivity contribution in [1.29, 1.82) is 5.26 Å². The van der Waals surface area contributed by atoms with Gasteiger partial charge in [0.1, 0.15) is 35.5 Å². The number of furan rings is 1. The molecule has 2 aromatic heterocycles. The maximum Gasteiger partial charge on any atom is 0.310 e. The Hall–Kier alpha value is -4.38. The summed E-state index contributed by atoms with van der Waals surface area (Å²) in [5.41, 5.74) is 2.66. The van der Waals surface area contributed by atoms with Crippen molar-refractivity contribution in [2.75, 3.05) is 13.7 Å². The minimum atomic E-state index is -0.674. The third kappa shape index (κ3) is 4.94. The Morgan fingerprint density at radius 1 is 1.20 bits per heavy atom. The Labute approximate surface area is 201 Å². The number of methoxy groups -OCH3 is 1. The van der Waals surface area contributed by atoms with Gasteiger partial charge in [0.2, 0.25) is 0 Å². The summed E-state index contributed by atoms with van der Waals surface area (Å²) in [5, 5.41) is 9.86. The highest BCUT2D eigenvalue weighted by molar-refractivity contribution is 5.87. The molecule has 2 heterocycles. The van der Waals surface area contributed by atoms with E-state index in [1.165, 1.54) is 12.3 Å². The van der Waals surface area contributed by atoms with Crippen LogP contribution < -0.4 is 9.47 Å². The molecule has 4 rings (SSSR count). The van der Waals surface area contributed by atoms with Crippen LogP contribution in [0.4, 0.5) is 4.39 Å². The van der Waals surface area contributed by atoms with Gasteiger partial charge in [-0.25, -0.2) is 9.37 Å². The number of esters is 1. The molecule has 0 amide bonds. The molecule has 0 aliphatic carbocycles. The average Bonchev–Trinajstić information content (AvgIpc) is 3.17. The Morgan fingerprint density at radius 3 is 2.77 bits per heavy atom. The van der Waals surface area contributed by atoms with E-state index in [1.54, 1.807) is 56.5 Å². The molecule has 0 radical (unpaired) electrons. The van der Waals surface area contributed by atoms with Gasteiger partial charge in [-0.1, -0.05) is 12.1 Å². The first-order valence-electron chi connectivity index (χ1n) is 11.0. The fourth-order valence-electron chi connectivity index (χ4n) is 3.82. The SMILES string of the molecule is CCOC(=O)Cc1ccc(OC)cc1OCc1c(C)oc2ccc(-c3ccnc(C#N)c3F)cc12. The molecule has 0 saturated carbocycles. The van der Waals surface area contributed by atoms with Gasteiger partial charge in [0.25, 0.3) is 0 Å². The van der Waals surface area contributed by atoms with Gasteiger partial charge in [0.05, 0.1) is 20.1 Å². The molecule has 0 fully saturated rings. The van der Waals surface area contributed by atoms with Crippen molar-refractivity contribution in [2.45, 2.75) is 26.9 Å². The van der Waals surface area contributed by atoms with E-state index in [4.69, 9.17) is 23.9 Å². The second-order valence-corrected chi connectivity index (χ2v) is 7.72. The van der Waals surface area contributed by atoms with E-state index in [0.29, 0.717) is 40.6 Å². The number of nitriles is 1. The van der Waals surface area contributed by atoms with Crippen molar-refractivity contribution in [3.63, 3.8) is 0 Å². The monoisotopic (exact) mass is 474 g/mol. The molecule has 0 aliphatic rings. The highest BCUT2D eigenvalue weighted by atomic mass is 19.1. The van der Waals surface area contributed by atoms with Gasteiger partial charge in [-0.15, -0.1) is 0 Å². The van der Waals surface area contributed by atoms with Crippen molar-refractivity contribution in [3.05, 3.63) is 77.1 Å². The number of aryl methyl sites for hydroxylation is 1. The molecule has 0 spiro atoms. The standard InChI is InChI=1S/C27H23FN2O5/c1-4-33-26(31)12-18-5-7-19(32-3)13-25(18)34-15-22-16(2)35-24-8-6-17(11-21(22)24)20-9-10-30-23(14-29)27(20)28/h5-11,13H,4,12,15H2,1-3H3. The Bertz CT molecular complexity index is 1440. The van der Waals surface area contributed by atoms with E-state index in [-0.39, 0.29) is 30.3 Å². The van der Waals surface area contributed by atoms with Gasteiger partial charge in [-0.2, -0.15) is 5.26 Å². The van der Waals surface area contributed by atoms with E-state index in [9.17, 15) is 9.18 Å². The van der Waals surface area contributed by atoms with Crippen molar-refractivity contribution >= 4 is 16.9 Å². The van der Waals surface area contributed by atoms with Gasteiger partial charge in [0.15, 0.2) is 11.5 Å². The number of ether oxygens (including phenoxy) is 3. The summed E-state index contributed by atoms with van der Waals surface area (Å²) in [6.45, 7) is 4.02. The zero-order chi connectivity index (χ0) is 24.9. The van der Waals surface area contributed by atoms with Crippen LogP contribution >= 0.6 is 0 Å². The van der Waals surface area contributed by atoms with Gasteiger partial charge < -0.3 is 18.6 Å². The van der Waals surface area contributed by atoms with Crippen molar-refractivity contribution in [3.8, 4) is 28.7 Å². The zero-order valence-electron chi connectivity index (χ0n) is 19.6. The fraction of sp³-hybridized carbons (Fsp3) is 0.222. The number of pyridine rings is 1. The third-order valence-corrected chi connectivity index (χ3v) is 5.59. The molecule has 2 aromatic carbocycles. The zero-order valence-corrected chi connectivity index (χ0v) is 19.6. The topological polar surface area (TPSA) is 94.6 Å². The van der Waals surface area contributed by atoms with Crippen LogP contribution in [0, 0.1) is 24.1 Å². The number of rotatable bonds is 8. The van der Waals surface area contributed by atoms with Gasteiger partial charge in [-0.05, 0) is 43.7 Å². The maximum atomic E-state index is 14.7. The Morgan fingerprint density at radius 2 is 2.03 bits per heavy atom. The lowest BCUT2D eigenvalue weighted by Crippen LogP contribution is -2.09. The molecule has 178 valence electrons. The van der Waals surface area contributed by atoms with Crippen molar-refractivity contribution in [2.24, 2.45) is 0 Å². The molecule has 0 unspecified atom stereocenters. The van der Waals surface area contributed by atoms with Crippen LogP contribution in [0.15, 0.2) is 53.1 Å². The van der Waals surface area contributed by atoms with Crippen molar-refractivity contribution in [1.82, 2.24) is 4.98 Å². The summed E-state index contributed by atoms with van der Waals surface area (Å²) in [6.07, 6.45) is 1.46. The molecule has 4 aromatic rings. The highest BCUT2D eigenvalue weighted by Crippen LogP contribution is 2.33. The van der Waals surface area contributed by atoms with Crippen LogP contribution in [0.2, 0.25) is 0 Å². The number of carbonyl (C=O) groups excluding carboxylic acids is 1. The second-order valence-electron chi connectivity index (χ2n) is 7.72. The van der Waals surface area contributed by atoms with Crippen LogP contribution in [0.1, 0.15) is 29.5 Å². The van der Waals surface area contributed by atoms with E-state index in [0.717, 1.165) is 10.9 Å². The van der Waals surface area contributed by atoms with E-state index >= 15 is 0 Å². The Balaban J connectivity index is 1.68. The van der Waals surface area contributed by atoms with Crippen molar-refractivity contribution < 1.29 is 27.8 Å². The molecule has 0 bridgehead atoms. The van der Waals surface area contributed by atoms with Gasteiger partial charge >= 0.3 is 5.97 Å². The van der Waals surface area contributed by atoms with E-state index in [1.807, 2.05) is 6.92 Å². The molecule has 7 nitrogen and oxygen atoms in total. The minimum absolute atomic E-state index is 0.0605. The predicted molar refractivity (Wildman–Crippen MR) is 127 cm³/mol. The molecule has 35 heavy (non-hydrogen) atoms. The smallest absolute Gasteiger partial charge is 0.310 e. The second kappa shape index (κ2) is 10.3. The summed E-state index contributed by atoms with van der Waals surface area (Å²) in [6, 6.07) is 13.8. The van der Waals surface area contributed by atoms with Crippen LogP contribution in [0.25, 0.3) is 22.1 Å². The summed E-state index contributed by atoms with van der Waals surface area (Å²) >= 11 is 0. The number of nitrogens with zero attached hydrogens (tertiary/aromatic N) is 2.